The molecule has 0 aromatic heterocycles. The second-order valence-corrected chi connectivity index (χ2v) is 5.46. The molecular weight excluding hydrogens is 280 g/mol. The van der Waals surface area contributed by atoms with Gasteiger partial charge in [0.1, 0.15) is 5.75 Å². The van der Waals surface area contributed by atoms with Crippen LogP contribution in [0.3, 0.4) is 0 Å². The minimum atomic E-state index is -0.239. The summed E-state index contributed by atoms with van der Waals surface area (Å²) in [6.07, 6.45) is 0.609. The van der Waals surface area contributed by atoms with E-state index in [1.807, 2.05) is 13.8 Å². The highest BCUT2D eigenvalue weighted by Gasteiger charge is 2.29. The molecule has 2 rings (SSSR count). The average molecular weight is 306 g/mol. The van der Waals surface area contributed by atoms with Crippen LogP contribution < -0.4 is 10.1 Å². The van der Waals surface area contributed by atoms with Gasteiger partial charge in [0.15, 0.2) is 0 Å². The average Bonchev–Trinajstić information content (AvgIpc) is 2.52. The van der Waals surface area contributed by atoms with Crippen LogP contribution in [0.25, 0.3) is 0 Å². The van der Waals surface area contributed by atoms with Gasteiger partial charge < -0.3 is 19.7 Å². The fraction of sp³-hybridized carbons (Fsp3) is 0.588. The first kappa shape index (κ1) is 16.6. The number of carbonyl (C=O) groups excluding carboxylic acids is 1. The van der Waals surface area contributed by atoms with E-state index < -0.39 is 0 Å². The first-order valence-electron chi connectivity index (χ1n) is 7.96. The summed E-state index contributed by atoms with van der Waals surface area (Å²) < 4.78 is 10.7. The number of hydrogen-bond acceptors (Lipinski definition) is 4. The highest BCUT2D eigenvalue weighted by Crippen LogP contribution is 2.34. The van der Waals surface area contributed by atoms with E-state index in [1.54, 1.807) is 12.0 Å². The molecule has 1 amide bonds. The lowest BCUT2D eigenvalue weighted by Gasteiger charge is -2.35. The molecule has 1 N–H and O–H groups in total. The number of amides is 1. The van der Waals surface area contributed by atoms with Crippen molar-refractivity contribution in [1.29, 1.82) is 0 Å². The zero-order valence-corrected chi connectivity index (χ0v) is 13.9. The van der Waals surface area contributed by atoms with E-state index in [0.29, 0.717) is 13.2 Å². The Hall–Kier alpha value is -1.75. The number of rotatable bonds is 5. The Morgan fingerprint density at radius 1 is 1.41 bits per heavy atom. The molecule has 5 nitrogen and oxygen atoms in total. The topological polar surface area (TPSA) is 50.8 Å². The highest BCUT2D eigenvalue weighted by molar-refractivity contribution is 5.69. The van der Waals surface area contributed by atoms with E-state index in [4.69, 9.17) is 9.47 Å². The number of nitrogens with one attached hydrogen (secondary N) is 1. The van der Waals surface area contributed by atoms with E-state index in [9.17, 15) is 4.79 Å². The van der Waals surface area contributed by atoms with Crippen molar-refractivity contribution >= 4 is 6.09 Å². The third-order valence-corrected chi connectivity index (χ3v) is 4.15. The molecule has 0 saturated heterocycles. The Labute approximate surface area is 132 Å². The quantitative estimate of drug-likeness (QED) is 0.909. The van der Waals surface area contributed by atoms with Crippen LogP contribution in [0.4, 0.5) is 4.79 Å². The van der Waals surface area contributed by atoms with Crippen molar-refractivity contribution in [1.82, 2.24) is 10.2 Å². The van der Waals surface area contributed by atoms with E-state index >= 15 is 0 Å². The van der Waals surface area contributed by atoms with Crippen LogP contribution in [0, 0.1) is 0 Å². The smallest absolute Gasteiger partial charge is 0.410 e. The lowest BCUT2D eigenvalue weighted by molar-refractivity contribution is 0.0901. The summed E-state index contributed by atoms with van der Waals surface area (Å²) in [6.45, 7) is 8.77. The maximum atomic E-state index is 12.0. The Morgan fingerprint density at radius 2 is 2.18 bits per heavy atom. The molecule has 1 unspecified atom stereocenters. The fourth-order valence-corrected chi connectivity index (χ4v) is 2.94. The van der Waals surface area contributed by atoms with E-state index in [-0.39, 0.29) is 12.1 Å². The minimum Gasteiger partial charge on any atom is -0.496 e. The van der Waals surface area contributed by atoms with Gasteiger partial charge in [0.05, 0.1) is 19.8 Å². The molecule has 5 heteroatoms. The summed E-state index contributed by atoms with van der Waals surface area (Å²) in [5.41, 5.74) is 3.61. The van der Waals surface area contributed by atoms with Crippen molar-refractivity contribution in [3.8, 4) is 5.75 Å². The Morgan fingerprint density at radius 3 is 2.82 bits per heavy atom. The van der Waals surface area contributed by atoms with Gasteiger partial charge in [-0.15, -0.1) is 0 Å². The molecule has 1 aliphatic rings. The number of benzene rings is 1. The molecule has 22 heavy (non-hydrogen) atoms. The maximum absolute atomic E-state index is 12.0. The van der Waals surface area contributed by atoms with E-state index in [0.717, 1.165) is 30.8 Å². The van der Waals surface area contributed by atoms with Crippen molar-refractivity contribution in [3.05, 3.63) is 28.8 Å². The van der Waals surface area contributed by atoms with Crippen molar-refractivity contribution in [3.63, 3.8) is 0 Å². The molecule has 0 saturated carbocycles. The van der Waals surface area contributed by atoms with Crippen molar-refractivity contribution in [2.45, 2.75) is 39.8 Å². The third-order valence-electron chi connectivity index (χ3n) is 4.15. The van der Waals surface area contributed by atoms with Crippen LogP contribution in [-0.2, 0) is 17.7 Å². The molecule has 1 aliphatic heterocycles. The van der Waals surface area contributed by atoms with Gasteiger partial charge in [0, 0.05) is 18.7 Å². The predicted octanol–water partition coefficient (Wildman–Crippen LogP) is 2.88. The van der Waals surface area contributed by atoms with Gasteiger partial charge in [-0.3, -0.25) is 0 Å². The number of nitrogens with zero attached hydrogens (tertiary/aromatic N) is 1. The molecule has 0 fully saturated rings. The number of carbonyl (C=O) groups is 1. The standard InChI is InChI=1S/C17H26N2O3/c1-5-18-11-14-9-13-7-8-19(17(20)22-6-2)12(3)15(13)10-16(14)21-4/h9-10,12,18H,5-8,11H2,1-4H3. The van der Waals surface area contributed by atoms with Gasteiger partial charge in [0.2, 0.25) is 0 Å². The molecule has 0 radical (unpaired) electrons. The largest absolute Gasteiger partial charge is 0.496 e. The zero-order chi connectivity index (χ0) is 16.1. The summed E-state index contributed by atoms with van der Waals surface area (Å²) in [6, 6.07) is 4.28. The lowest BCUT2D eigenvalue weighted by Crippen LogP contribution is -2.39. The third kappa shape index (κ3) is 3.35. The molecule has 1 heterocycles. The van der Waals surface area contributed by atoms with Gasteiger partial charge in [0.25, 0.3) is 0 Å². The van der Waals surface area contributed by atoms with Crippen molar-refractivity contribution in [2.24, 2.45) is 0 Å². The fourth-order valence-electron chi connectivity index (χ4n) is 2.94. The summed E-state index contributed by atoms with van der Waals surface area (Å²) in [5.74, 6) is 0.872. The SMILES string of the molecule is CCNCc1cc2c(cc1OC)C(C)N(C(=O)OCC)CC2. The lowest BCUT2D eigenvalue weighted by atomic mass is 9.91. The van der Waals surface area contributed by atoms with Crippen LogP contribution in [0.1, 0.15) is 43.5 Å². The highest BCUT2D eigenvalue weighted by atomic mass is 16.6. The number of hydrogen-bond donors (Lipinski definition) is 1. The molecular formula is C17H26N2O3. The monoisotopic (exact) mass is 306 g/mol. The first-order valence-corrected chi connectivity index (χ1v) is 7.96. The Kier molecular flexibility index (Phi) is 5.66. The molecule has 0 bridgehead atoms. The van der Waals surface area contributed by atoms with Crippen LogP contribution in [-0.4, -0.2) is 37.8 Å². The molecule has 0 aliphatic carbocycles. The normalized spacial score (nSPS) is 17.1. The molecule has 1 aromatic rings. The molecule has 0 spiro atoms. The van der Waals surface area contributed by atoms with Gasteiger partial charge in [-0.05, 0) is 44.0 Å². The van der Waals surface area contributed by atoms with E-state index in [2.05, 4.69) is 24.4 Å². The number of ether oxygens (including phenoxy) is 2. The summed E-state index contributed by atoms with van der Waals surface area (Å²) in [4.78, 5) is 13.8. The van der Waals surface area contributed by atoms with Crippen molar-refractivity contribution < 1.29 is 14.3 Å². The maximum Gasteiger partial charge on any atom is 0.410 e. The second kappa shape index (κ2) is 7.49. The van der Waals surface area contributed by atoms with Gasteiger partial charge >= 0.3 is 6.09 Å². The van der Waals surface area contributed by atoms with Crippen LogP contribution in [0.5, 0.6) is 5.75 Å². The van der Waals surface area contributed by atoms with Gasteiger partial charge in [-0.25, -0.2) is 4.79 Å². The van der Waals surface area contributed by atoms with E-state index in [1.165, 1.54) is 11.1 Å². The second-order valence-electron chi connectivity index (χ2n) is 5.46. The molecule has 122 valence electrons. The van der Waals surface area contributed by atoms with Crippen LogP contribution >= 0.6 is 0 Å². The molecule has 1 atom stereocenters. The number of methoxy groups -OCH3 is 1. The molecule has 1 aromatic carbocycles. The summed E-state index contributed by atoms with van der Waals surface area (Å²) in [5, 5.41) is 3.34. The predicted molar refractivity (Wildman–Crippen MR) is 86.2 cm³/mol. The van der Waals surface area contributed by atoms with Crippen LogP contribution in [0.2, 0.25) is 0 Å². The van der Waals surface area contributed by atoms with Gasteiger partial charge in [-0.1, -0.05) is 13.0 Å². The van der Waals surface area contributed by atoms with Crippen molar-refractivity contribution in [2.75, 3.05) is 26.8 Å². The minimum absolute atomic E-state index is 0.00452. The van der Waals surface area contributed by atoms with Crippen LogP contribution in [0.15, 0.2) is 12.1 Å². The summed E-state index contributed by atoms with van der Waals surface area (Å²) >= 11 is 0. The summed E-state index contributed by atoms with van der Waals surface area (Å²) in [7, 11) is 1.69. The number of fused-ring (bicyclic) bond motifs is 1. The zero-order valence-electron chi connectivity index (χ0n) is 13.9. The van der Waals surface area contributed by atoms with Gasteiger partial charge in [-0.2, -0.15) is 0 Å². The Balaban J connectivity index is 2.28. The first-order chi connectivity index (χ1) is 10.6. The Bertz CT molecular complexity index is 531.